The molecule has 1 atom stereocenters. The lowest BCUT2D eigenvalue weighted by Crippen LogP contribution is -2.41. The maximum Gasteiger partial charge on any atom is 0.251 e. The first-order valence-electron chi connectivity index (χ1n) is 8.11. The maximum atomic E-state index is 12.5. The van der Waals surface area contributed by atoms with E-state index in [1.807, 2.05) is 11.3 Å². The van der Waals surface area contributed by atoms with Gasteiger partial charge in [0.15, 0.2) is 0 Å². The third kappa shape index (κ3) is 2.99. The number of anilines is 1. The Kier molecular flexibility index (Phi) is 4.15. The summed E-state index contributed by atoms with van der Waals surface area (Å²) >= 11 is 3.16. The fraction of sp³-hybridized carbons (Fsp3) is 0.412. The van der Waals surface area contributed by atoms with Gasteiger partial charge in [-0.3, -0.25) is 14.5 Å². The number of hydrogen-bond donors (Lipinski definition) is 2. The number of carbonyl (C=O) groups excluding carboxylic acids is 2. The van der Waals surface area contributed by atoms with Crippen LogP contribution in [0.1, 0.15) is 39.7 Å². The van der Waals surface area contributed by atoms with Gasteiger partial charge < -0.3 is 11.1 Å². The SMILES string of the molecule is NC(=O)c1ccsc1NC(=O)CN1CCc2sccc2C1C1CC1. The Morgan fingerprint density at radius 2 is 2.04 bits per heavy atom. The number of rotatable bonds is 5. The van der Waals surface area contributed by atoms with Gasteiger partial charge in [0.1, 0.15) is 5.00 Å². The molecule has 126 valence electrons. The van der Waals surface area contributed by atoms with Crippen LogP contribution in [0.3, 0.4) is 0 Å². The quantitative estimate of drug-likeness (QED) is 0.860. The van der Waals surface area contributed by atoms with Crippen molar-refractivity contribution in [1.82, 2.24) is 4.90 Å². The van der Waals surface area contributed by atoms with Gasteiger partial charge in [-0.25, -0.2) is 0 Å². The second kappa shape index (κ2) is 6.31. The van der Waals surface area contributed by atoms with Crippen molar-refractivity contribution in [2.24, 2.45) is 11.7 Å². The van der Waals surface area contributed by atoms with Crippen molar-refractivity contribution in [3.8, 4) is 0 Å². The van der Waals surface area contributed by atoms with Gasteiger partial charge in [-0.1, -0.05) is 0 Å². The Bertz CT molecular complexity index is 778. The molecule has 0 saturated heterocycles. The third-order valence-electron chi connectivity index (χ3n) is 4.72. The van der Waals surface area contributed by atoms with Crippen LogP contribution in [0.25, 0.3) is 0 Å². The smallest absolute Gasteiger partial charge is 0.251 e. The largest absolute Gasteiger partial charge is 0.366 e. The van der Waals surface area contributed by atoms with Crippen molar-refractivity contribution >= 4 is 39.5 Å². The van der Waals surface area contributed by atoms with Crippen LogP contribution in [0.15, 0.2) is 22.9 Å². The van der Waals surface area contributed by atoms with E-state index in [1.165, 1.54) is 34.6 Å². The molecular weight excluding hydrogens is 342 g/mol. The van der Waals surface area contributed by atoms with E-state index in [0.717, 1.165) is 13.0 Å². The Morgan fingerprint density at radius 3 is 2.79 bits per heavy atom. The van der Waals surface area contributed by atoms with Gasteiger partial charge in [0.2, 0.25) is 5.91 Å². The van der Waals surface area contributed by atoms with Gasteiger partial charge in [0, 0.05) is 17.5 Å². The molecule has 24 heavy (non-hydrogen) atoms. The van der Waals surface area contributed by atoms with Gasteiger partial charge in [-0.05, 0) is 53.6 Å². The zero-order valence-electron chi connectivity index (χ0n) is 13.2. The predicted molar refractivity (Wildman–Crippen MR) is 96.5 cm³/mol. The summed E-state index contributed by atoms with van der Waals surface area (Å²) in [5.41, 5.74) is 7.13. The maximum absolute atomic E-state index is 12.5. The van der Waals surface area contributed by atoms with E-state index in [2.05, 4.69) is 21.7 Å². The number of hydrogen-bond acceptors (Lipinski definition) is 5. The van der Waals surface area contributed by atoms with Gasteiger partial charge >= 0.3 is 0 Å². The van der Waals surface area contributed by atoms with Crippen molar-refractivity contribution in [2.45, 2.75) is 25.3 Å². The zero-order valence-corrected chi connectivity index (χ0v) is 14.8. The molecule has 2 aromatic rings. The Labute approximate surface area is 148 Å². The molecule has 3 heterocycles. The third-order valence-corrected chi connectivity index (χ3v) is 6.54. The summed E-state index contributed by atoms with van der Waals surface area (Å²) in [6, 6.07) is 4.23. The van der Waals surface area contributed by atoms with E-state index >= 15 is 0 Å². The average molecular weight is 361 g/mol. The van der Waals surface area contributed by atoms with Crippen LogP contribution in [0, 0.1) is 5.92 Å². The van der Waals surface area contributed by atoms with E-state index in [-0.39, 0.29) is 5.91 Å². The molecule has 1 aliphatic heterocycles. The predicted octanol–water partition coefficient (Wildman–Crippen LogP) is 2.86. The first-order valence-corrected chi connectivity index (χ1v) is 9.87. The topological polar surface area (TPSA) is 75.4 Å². The number of thiophene rings is 2. The van der Waals surface area contributed by atoms with Crippen molar-refractivity contribution in [1.29, 1.82) is 0 Å². The standard InChI is InChI=1S/C17H19N3O2S2/c18-16(22)12-5-8-24-17(12)19-14(21)9-20-6-3-13-11(4-7-23-13)15(20)10-1-2-10/h4-5,7-8,10,15H,1-3,6,9H2,(H2,18,22)(H,19,21). The lowest BCUT2D eigenvalue weighted by molar-refractivity contribution is -0.118. The summed E-state index contributed by atoms with van der Waals surface area (Å²) in [6.07, 6.45) is 3.50. The van der Waals surface area contributed by atoms with E-state index in [4.69, 9.17) is 5.73 Å². The first kappa shape index (κ1) is 15.8. The van der Waals surface area contributed by atoms with E-state index < -0.39 is 5.91 Å². The van der Waals surface area contributed by atoms with Crippen LogP contribution in [-0.4, -0.2) is 29.8 Å². The van der Waals surface area contributed by atoms with Crippen molar-refractivity contribution in [2.75, 3.05) is 18.4 Å². The summed E-state index contributed by atoms with van der Waals surface area (Å²) in [4.78, 5) is 27.6. The van der Waals surface area contributed by atoms with Crippen LogP contribution < -0.4 is 11.1 Å². The minimum Gasteiger partial charge on any atom is -0.366 e. The molecule has 0 spiro atoms. The molecule has 0 bridgehead atoms. The lowest BCUT2D eigenvalue weighted by atomic mass is 9.96. The molecule has 2 amide bonds. The first-order chi connectivity index (χ1) is 11.6. The molecule has 2 aliphatic rings. The minimum atomic E-state index is -0.511. The molecule has 1 fully saturated rings. The molecular formula is C17H19N3O2S2. The lowest BCUT2D eigenvalue weighted by Gasteiger charge is -2.35. The molecule has 2 aromatic heterocycles. The van der Waals surface area contributed by atoms with Crippen LogP contribution >= 0.6 is 22.7 Å². The van der Waals surface area contributed by atoms with Crippen molar-refractivity contribution in [3.63, 3.8) is 0 Å². The molecule has 4 rings (SSSR count). The van der Waals surface area contributed by atoms with E-state index in [0.29, 0.717) is 29.1 Å². The second-order valence-corrected chi connectivity index (χ2v) is 8.29. The summed E-state index contributed by atoms with van der Waals surface area (Å²) in [6.45, 7) is 1.27. The van der Waals surface area contributed by atoms with Crippen molar-refractivity contribution < 1.29 is 9.59 Å². The zero-order chi connectivity index (χ0) is 16.7. The molecule has 0 aromatic carbocycles. The fourth-order valence-electron chi connectivity index (χ4n) is 3.49. The Balaban J connectivity index is 1.47. The second-order valence-electron chi connectivity index (χ2n) is 6.38. The molecule has 5 nitrogen and oxygen atoms in total. The Morgan fingerprint density at radius 1 is 1.25 bits per heavy atom. The average Bonchev–Trinajstić information content (AvgIpc) is 3.07. The molecule has 0 radical (unpaired) electrons. The number of carbonyl (C=O) groups is 2. The number of nitrogens with zero attached hydrogens (tertiary/aromatic N) is 1. The minimum absolute atomic E-state index is 0.0794. The number of nitrogens with two attached hydrogens (primary N) is 1. The molecule has 1 aliphatic carbocycles. The summed E-state index contributed by atoms with van der Waals surface area (Å²) in [5, 5.41) is 7.33. The highest BCUT2D eigenvalue weighted by atomic mass is 32.1. The van der Waals surface area contributed by atoms with Crippen LogP contribution in [0.5, 0.6) is 0 Å². The van der Waals surface area contributed by atoms with Crippen molar-refractivity contribution in [3.05, 3.63) is 38.9 Å². The fourth-order valence-corrected chi connectivity index (χ4v) is 5.21. The highest BCUT2D eigenvalue weighted by molar-refractivity contribution is 7.14. The number of nitrogens with one attached hydrogen (secondary N) is 1. The number of amides is 2. The highest BCUT2D eigenvalue weighted by Gasteiger charge is 2.40. The highest BCUT2D eigenvalue weighted by Crippen LogP contribution is 2.48. The van der Waals surface area contributed by atoms with E-state index in [1.54, 1.807) is 11.4 Å². The number of fused-ring (bicyclic) bond motifs is 1. The van der Waals surface area contributed by atoms with Gasteiger partial charge in [-0.15, -0.1) is 22.7 Å². The molecule has 3 N–H and O–H groups in total. The normalized spacial score (nSPS) is 20.6. The summed E-state index contributed by atoms with van der Waals surface area (Å²) in [5.74, 6) is 0.0851. The van der Waals surface area contributed by atoms with Gasteiger partial charge in [0.25, 0.3) is 5.91 Å². The van der Waals surface area contributed by atoms with Crippen LogP contribution in [0.2, 0.25) is 0 Å². The molecule has 7 heteroatoms. The molecule has 1 saturated carbocycles. The Hall–Kier alpha value is -1.70. The summed E-state index contributed by atoms with van der Waals surface area (Å²) < 4.78 is 0. The molecule has 1 unspecified atom stereocenters. The van der Waals surface area contributed by atoms with Crippen LogP contribution in [-0.2, 0) is 11.2 Å². The van der Waals surface area contributed by atoms with Gasteiger partial charge in [-0.2, -0.15) is 0 Å². The van der Waals surface area contributed by atoms with Gasteiger partial charge in [0.05, 0.1) is 12.1 Å². The monoisotopic (exact) mass is 361 g/mol. The van der Waals surface area contributed by atoms with E-state index in [9.17, 15) is 9.59 Å². The summed E-state index contributed by atoms with van der Waals surface area (Å²) in [7, 11) is 0. The van der Waals surface area contributed by atoms with Crippen LogP contribution in [0.4, 0.5) is 5.00 Å². The number of primary amides is 1.